The molecule has 0 bridgehead atoms. The Morgan fingerprint density at radius 2 is 1.89 bits per heavy atom. The van der Waals surface area contributed by atoms with Crippen LogP contribution >= 0.6 is 0 Å². The van der Waals surface area contributed by atoms with Crippen molar-refractivity contribution in [3.05, 3.63) is 71.3 Å². The van der Waals surface area contributed by atoms with Crippen LogP contribution in [0.5, 0.6) is 5.88 Å². The second kappa shape index (κ2) is 12.5. The number of pyridine rings is 1. The molecular weight excluding hydrogens is 574 g/mol. The maximum atomic E-state index is 10.8. The summed E-state index contributed by atoms with van der Waals surface area (Å²) in [4.78, 5) is 14.2. The van der Waals surface area contributed by atoms with Gasteiger partial charge in [-0.15, -0.1) is 0 Å². The minimum absolute atomic E-state index is 0.135. The lowest BCUT2D eigenvalue weighted by atomic mass is 10.0. The van der Waals surface area contributed by atoms with E-state index in [0.717, 1.165) is 22.2 Å². The van der Waals surface area contributed by atoms with E-state index in [9.17, 15) is 15.3 Å². The molecular formula is C33H39N7O5. The van der Waals surface area contributed by atoms with Gasteiger partial charge in [-0.25, -0.2) is 14.6 Å². The second-order valence-electron chi connectivity index (χ2n) is 11.6. The molecule has 12 heteroatoms. The van der Waals surface area contributed by atoms with Crippen LogP contribution in [0.1, 0.15) is 48.8 Å². The summed E-state index contributed by atoms with van der Waals surface area (Å²) >= 11 is 0. The Morgan fingerprint density at radius 3 is 2.58 bits per heavy atom. The zero-order valence-corrected chi connectivity index (χ0v) is 26.0. The number of hydrogen-bond acceptors (Lipinski definition) is 11. The average molecular weight is 614 g/mol. The lowest BCUT2D eigenvalue weighted by Crippen LogP contribution is -2.35. The first-order valence-corrected chi connectivity index (χ1v) is 15.2. The van der Waals surface area contributed by atoms with E-state index in [0.29, 0.717) is 59.0 Å². The van der Waals surface area contributed by atoms with Gasteiger partial charge in [-0.05, 0) is 76.4 Å². The van der Waals surface area contributed by atoms with Gasteiger partial charge in [0.2, 0.25) is 11.8 Å². The van der Waals surface area contributed by atoms with Crippen molar-refractivity contribution in [1.82, 2.24) is 24.7 Å². The molecule has 0 saturated heterocycles. The number of aryl methyl sites for hydroxylation is 3. The van der Waals surface area contributed by atoms with Gasteiger partial charge < -0.3 is 35.1 Å². The fourth-order valence-corrected chi connectivity index (χ4v) is 6.16. The number of hydrogen-bond donors (Lipinski definition) is 5. The molecule has 4 heterocycles. The Kier molecular flexibility index (Phi) is 8.45. The summed E-state index contributed by atoms with van der Waals surface area (Å²) in [6.45, 7) is 10.0. The number of aliphatic hydroxyl groups is 3. The first-order chi connectivity index (χ1) is 21.7. The van der Waals surface area contributed by atoms with Crippen LogP contribution in [-0.4, -0.2) is 71.5 Å². The number of rotatable bonds is 10. The Morgan fingerprint density at radius 1 is 1.07 bits per heavy atom. The van der Waals surface area contributed by atoms with Gasteiger partial charge in [-0.2, -0.15) is 10.1 Å². The molecule has 4 aromatic heterocycles. The molecule has 0 unspecified atom stereocenters. The number of ether oxygens (including phenoxy) is 1. The highest BCUT2D eigenvalue weighted by atomic mass is 16.5. The van der Waals surface area contributed by atoms with E-state index >= 15 is 0 Å². The lowest BCUT2D eigenvalue weighted by molar-refractivity contribution is 0.00446. The minimum Gasteiger partial charge on any atom is -0.478 e. The van der Waals surface area contributed by atoms with Gasteiger partial charge in [0.25, 0.3) is 0 Å². The van der Waals surface area contributed by atoms with E-state index in [1.54, 1.807) is 6.20 Å². The molecule has 0 amide bonds. The van der Waals surface area contributed by atoms with Crippen LogP contribution in [0.15, 0.2) is 53.2 Å². The first kappa shape index (κ1) is 30.5. The summed E-state index contributed by atoms with van der Waals surface area (Å²) in [5, 5.41) is 43.0. The largest absolute Gasteiger partial charge is 0.478 e. The third-order valence-corrected chi connectivity index (χ3v) is 8.47. The maximum Gasteiger partial charge on any atom is 0.225 e. The van der Waals surface area contributed by atoms with Crippen molar-refractivity contribution < 1.29 is 24.5 Å². The Balaban J connectivity index is 1.37. The van der Waals surface area contributed by atoms with Gasteiger partial charge in [0.15, 0.2) is 5.58 Å². The fraction of sp³-hybridized carbons (Fsp3) is 0.394. The van der Waals surface area contributed by atoms with Crippen LogP contribution in [-0.2, 0) is 0 Å². The number of aliphatic hydroxyl groups excluding tert-OH is 3. The molecule has 0 spiro atoms. The number of nitrogens with zero attached hydrogens (tertiary/aromatic N) is 5. The highest BCUT2D eigenvalue weighted by molar-refractivity contribution is 5.88. The SMILES string of the molecule is CCOc1cc2cc(-c3c(C)nc(N[C@H](C)c4ccc(-n5cccn5)cc4C)nc3N[C@@H]3C[C@H](CO)[C@@H](O)[C@H]3O)oc2c(C)n1. The van der Waals surface area contributed by atoms with Crippen LogP contribution in [0.4, 0.5) is 11.8 Å². The number of furan rings is 1. The van der Waals surface area contributed by atoms with Crippen molar-refractivity contribution in [2.24, 2.45) is 5.92 Å². The molecule has 5 N–H and O–H groups in total. The van der Waals surface area contributed by atoms with Gasteiger partial charge >= 0.3 is 0 Å². The van der Waals surface area contributed by atoms with Gasteiger partial charge in [-0.3, -0.25) is 0 Å². The summed E-state index contributed by atoms with van der Waals surface area (Å²) in [6, 6.07) is 11.1. The molecule has 5 aromatic rings. The molecule has 236 valence electrons. The second-order valence-corrected chi connectivity index (χ2v) is 11.6. The molecule has 0 radical (unpaired) electrons. The summed E-state index contributed by atoms with van der Waals surface area (Å²) < 4.78 is 13.8. The van der Waals surface area contributed by atoms with Crippen molar-refractivity contribution in [1.29, 1.82) is 0 Å². The fourth-order valence-electron chi connectivity index (χ4n) is 6.16. The van der Waals surface area contributed by atoms with E-state index in [1.165, 1.54) is 0 Å². The van der Waals surface area contributed by atoms with Crippen molar-refractivity contribution in [3.63, 3.8) is 0 Å². The van der Waals surface area contributed by atoms with Crippen molar-refractivity contribution >= 4 is 22.7 Å². The zero-order valence-electron chi connectivity index (χ0n) is 26.0. The smallest absolute Gasteiger partial charge is 0.225 e. The molecule has 5 atom stereocenters. The molecule has 0 aliphatic heterocycles. The van der Waals surface area contributed by atoms with Gasteiger partial charge in [0.1, 0.15) is 17.7 Å². The van der Waals surface area contributed by atoms with Crippen molar-refractivity contribution in [2.45, 2.75) is 65.3 Å². The highest BCUT2D eigenvalue weighted by Gasteiger charge is 2.41. The van der Waals surface area contributed by atoms with Crippen LogP contribution in [0.3, 0.4) is 0 Å². The average Bonchev–Trinajstić information content (AvgIpc) is 3.74. The van der Waals surface area contributed by atoms with E-state index in [-0.39, 0.29) is 12.6 Å². The van der Waals surface area contributed by atoms with E-state index in [4.69, 9.17) is 19.1 Å². The highest BCUT2D eigenvalue weighted by Crippen LogP contribution is 2.38. The monoisotopic (exact) mass is 613 g/mol. The predicted molar refractivity (Wildman–Crippen MR) is 171 cm³/mol. The number of benzene rings is 1. The van der Waals surface area contributed by atoms with Gasteiger partial charge in [0.05, 0.1) is 47.4 Å². The number of fused-ring (bicyclic) bond motifs is 1. The van der Waals surface area contributed by atoms with E-state index in [2.05, 4.69) is 39.8 Å². The van der Waals surface area contributed by atoms with Crippen LogP contribution in [0, 0.1) is 26.7 Å². The summed E-state index contributed by atoms with van der Waals surface area (Å²) in [6.07, 6.45) is 1.87. The normalized spacial score (nSPS) is 20.4. The molecule has 1 aliphatic rings. The number of aromatic nitrogens is 5. The third kappa shape index (κ3) is 5.96. The van der Waals surface area contributed by atoms with Crippen LogP contribution < -0.4 is 15.4 Å². The molecule has 12 nitrogen and oxygen atoms in total. The van der Waals surface area contributed by atoms with Crippen molar-refractivity contribution in [2.75, 3.05) is 23.8 Å². The maximum absolute atomic E-state index is 10.8. The molecule has 1 fully saturated rings. The topological polar surface area (TPSA) is 164 Å². The number of nitrogens with one attached hydrogen (secondary N) is 2. The Labute approximate surface area is 261 Å². The summed E-state index contributed by atoms with van der Waals surface area (Å²) in [5.74, 6) is 1.42. The Bertz CT molecular complexity index is 1810. The Hall–Kier alpha value is -4.52. The standard InChI is InChI=1S/C33H39N7O5/c1-6-44-27-15-21-14-26(45-31(21)20(5)35-27)28-19(4)37-33(39-32(28)38-25-13-22(16-41)29(42)30(25)43)36-18(3)24-9-8-23(12-17(24)2)40-11-7-10-34-40/h7-12,14-15,18,22,25,29-30,41-43H,6,13,16H2,1-5H3,(H2,36,37,38,39)/t18-,22-,25-,29-,30+/m1/s1. The first-order valence-electron chi connectivity index (χ1n) is 15.2. The van der Waals surface area contributed by atoms with Gasteiger partial charge in [-0.1, -0.05) is 6.07 Å². The molecule has 1 aliphatic carbocycles. The summed E-state index contributed by atoms with van der Waals surface area (Å²) in [5.41, 5.74) is 5.73. The van der Waals surface area contributed by atoms with E-state index in [1.807, 2.05) is 62.8 Å². The zero-order chi connectivity index (χ0) is 31.8. The van der Waals surface area contributed by atoms with Crippen molar-refractivity contribution in [3.8, 4) is 22.9 Å². The molecule has 1 aromatic carbocycles. The predicted octanol–water partition coefficient (Wildman–Crippen LogP) is 4.48. The minimum atomic E-state index is -1.09. The lowest BCUT2D eigenvalue weighted by Gasteiger charge is -2.22. The number of anilines is 2. The van der Waals surface area contributed by atoms with Crippen LogP contribution in [0.2, 0.25) is 0 Å². The third-order valence-electron chi connectivity index (χ3n) is 8.47. The van der Waals surface area contributed by atoms with Gasteiger partial charge in [0, 0.05) is 36.4 Å². The summed E-state index contributed by atoms with van der Waals surface area (Å²) in [7, 11) is 0. The van der Waals surface area contributed by atoms with Crippen LogP contribution in [0.25, 0.3) is 28.0 Å². The quantitative estimate of drug-likeness (QED) is 0.151. The molecule has 1 saturated carbocycles. The molecule has 6 rings (SSSR count). The van der Waals surface area contributed by atoms with E-state index < -0.39 is 24.2 Å². The molecule has 45 heavy (non-hydrogen) atoms.